The van der Waals surface area contributed by atoms with Crippen LogP contribution in [-0.4, -0.2) is 137 Å². The average Bonchev–Trinajstić information content (AvgIpc) is 1.94. The van der Waals surface area contributed by atoms with E-state index in [-0.39, 0.29) is 75.5 Å². The van der Waals surface area contributed by atoms with Gasteiger partial charge in [-0.2, -0.15) is 0 Å². The molecule has 0 aliphatic carbocycles. The van der Waals surface area contributed by atoms with Crippen LogP contribution in [0.15, 0.2) is 0 Å². The van der Waals surface area contributed by atoms with Crippen molar-refractivity contribution in [3.63, 3.8) is 0 Å². The molecule has 0 aromatic rings. The van der Waals surface area contributed by atoms with Gasteiger partial charge in [0.2, 0.25) is 0 Å². The third-order valence-electron chi connectivity index (χ3n) is 0. The van der Waals surface area contributed by atoms with Gasteiger partial charge in [0.15, 0.2) is 0 Å². The molecule has 0 saturated heterocycles. The number of carboxylic acid groups (broad SMARTS) is 10. The zero-order valence-electron chi connectivity index (χ0n) is 10.3. The molecule has 17 heteroatoms. The molecule has 0 fully saturated rings. The van der Waals surface area contributed by atoms with Crippen molar-refractivity contribution in [2.75, 3.05) is 0 Å². The fourth-order valence-corrected chi connectivity index (χ4v) is 0. The molecule has 0 radical (unpaired) electrons. The summed E-state index contributed by atoms with van der Waals surface area (Å²) in [6.07, 6.45) is -10.2. The molecular formula is C5H6Ca2O15. The molecule has 0 aromatic heterocycles. The summed E-state index contributed by atoms with van der Waals surface area (Å²) < 4.78 is 0. The molecule has 0 aliphatic heterocycles. The van der Waals surface area contributed by atoms with Crippen LogP contribution in [0.4, 0.5) is 24.0 Å². The van der Waals surface area contributed by atoms with Crippen molar-refractivity contribution in [3.05, 3.63) is 0 Å². The first-order valence-electron chi connectivity index (χ1n) is 3.18. The maximum absolute atomic E-state index is 8.56. The first-order valence-corrected chi connectivity index (χ1v) is 3.18. The molecule has 0 rings (SSSR count). The summed E-state index contributed by atoms with van der Waals surface area (Å²) in [5, 5.41) is 75.2. The minimum absolute atomic E-state index is 0. The number of carbonyl (C=O) groups is 5. The molecule has 0 atom stereocenters. The van der Waals surface area contributed by atoms with Gasteiger partial charge in [0, 0.05) is 0 Å². The standard InChI is InChI=1S/5CH2O3.2Ca/c5*2-1(3)4;;/h5*(H2,2,3,4);;/q;;;;;2*+2/p-4. The molecular weight excluding hydrogens is 380 g/mol. The molecule has 0 heterocycles. The Kier molecular flexibility index (Phi) is 71.6. The van der Waals surface area contributed by atoms with E-state index in [0.717, 1.165) is 0 Å². The smallest absolute Gasteiger partial charge is 0.652 e. The molecule has 0 aromatic carbocycles. The van der Waals surface area contributed by atoms with E-state index in [9.17, 15) is 0 Å². The van der Waals surface area contributed by atoms with Crippen LogP contribution in [0.2, 0.25) is 0 Å². The molecule has 0 aliphatic rings. The van der Waals surface area contributed by atoms with E-state index in [1.165, 1.54) is 0 Å². The van der Waals surface area contributed by atoms with Gasteiger partial charge < -0.3 is 60.7 Å². The summed E-state index contributed by atoms with van der Waals surface area (Å²) in [5.74, 6) is 0. The maximum atomic E-state index is 8.56. The second kappa shape index (κ2) is 36.8. The van der Waals surface area contributed by atoms with E-state index < -0.39 is 30.8 Å². The van der Waals surface area contributed by atoms with Gasteiger partial charge >= 0.3 is 93.9 Å². The van der Waals surface area contributed by atoms with E-state index in [1.807, 2.05) is 0 Å². The van der Waals surface area contributed by atoms with E-state index in [1.54, 1.807) is 0 Å². The summed E-state index contributed by atoms with van der Waals surface area (Å²) in [4.78, 5) is 42.3. The molecule has 0 unspecified atom stereocenters. The Bertz CT molecular complexity index is 211. The first-order chi connectivity index (χ1) is 8.66. The van der Waals surface area contributed by atoms with Gasteiger partial charge in [-0.15, -0.1) is 0 Å². The molecule has 0 bridgehead atoms. The Balaban J connectivity index is -0.0000000250. The van der Waals surface area contributed by atoms with Crippen LogP contribution in [0.5, 0.6) is 0 Å². The second-order valence-electron chi connectivity index (χ2n) is 1.35. The fourth-order valence-electron chi connectivity index (χ4n) is 0. The van der Waals surface area contributed by atoms with E-state index >= 15 is 0 Å². The summed E-state index contributed by atoms with van der Waals surface area (Å²) in [5.41, 5.74) is 0. The molecule has 15 nitrogen and oxygen atoms in total. The topological polar surface area (TPSA) is 299 Å². The van der Waals surface area contributed by atoms with Gasteiger partial charge in [-0.1, -0.05) is 0 Å². The summed E-state index contributed by atoms with van der Waals surface area (Å²) in [7, 11) is 0. The molecule has 120 valence electrons. The number of hydrogen-bond acceptors (Lipinski definition) is 9. The van der Waals surface area contributed by atoms with Crippen molar-refractivity contribution in [2.24, 2.45) is 0 Å². The average molecular weight is 386 g/mol. The Morgan fingerprint density at radius 3 is 0.455 bits per heavy atom. The minimum atomic E-state index is -2.33. The third-order valence-corrected chi connectivity index (χ3v) is 0. The predicted molar refractivity (Wildman–Crippen MR) is 54.3 cm³/mol. The molecule has 0 amide bonds. The van der Waals surface area contributed by atoms with Crippen LogP contribution in [0, 0.1) is 0 Å². The SMILES string of the molecule is O=C(O)O.O=C(O)O.O=C(O)O.O=C([O-])[O-].O=C([O-])[O-].[Ca+2].[Ca+2]. The van der Waals surface area contributed by atoms with Crippen molar-refractivity contribution in [1.82, 2.24) is 0 Å². The zero-order chi connectivity index (χ0) is 17.9. The molecule has 22 heavy (non-hydrogen) atoms. The quantitative estimate of drug-likeness (QED) is 0.212. The zero-order valence-corrected chi connectivity index (χ0v) is 14.7. The molecule has 0 saturated carbocycles. The third kappa shape index (κ3) is 4710. The fraction of sp³-hybridized carbons (Fsp3) is 0. The van der Waals surface area contributed by atoms with E-state index in [2.05, 4.69) is 0 Å². The number of hydrogen-bond donors (Lipinski definition) is 6. The van der Waals surface area contributed by atoms with Gasteiger partial charge in [0.05, 0.1) is 0 Å². The Labute approximate surface area is 179 Å². The first kappa shape index (κ1) is 42.8. The predicted octanol–water partition coefficient (Wildman–Crippen LogP) is -4.99. The van der Waals surface area contributed by atoms with Crippen molar-refractivity contribution >= 4 is 106 Å². The summed E-state index contributed by atoms with van der Waals surface area (Å²) in [6.45, 7) is 0. The number of carbonyl (C=O) groups excluding carboxylic acids is 2. The van der Waals surface area contributed by atoms with Crippen LogP contribution < -0.4 is 20.4 Å². The van der Waals surface area contributed by atoms with Crippen LogP contribution in [0.3, 0.4) is 0 Å². The monoisotopic (exact) mass is 386 g/mol. The Hall–Kier alpha value is -1.13. The molecule has 6 N–H and O–H groups in total. The van der Waals surface area contributed by atoms with E-state index in [0.29, 0.717) is 0 Å². The largest absolute Gasteiger partial charge is 2.00 e. The van der Waals surface area contributed by atoms with Gasteiger partial charge in [0.1, 0.15) is 0 Å². The maximum Gasteiger partial charge on any atom is 2.00 e. The summed E-state index contributed by atoms with van der Waals surface area (Å²) in [6, 6.07) is 0. The molecule has 0 spiro atoms. The normalized spacial score (nSPS) is 5.45. The second-order valence-corrected chi connectivity index (χ2v) is 1.35. The van der Waals surface area contributed by atoms with Gasteiger partial charge in [-0.05, 0) is 12.3 Å². The van der Waals surface area contributed by atoms with Crippen LogP contribution in [-0.2, 0) is 0 Å². The van der Waals surface area contributed by atoms with Gasteiger partial charge in [0.25, 0.3) is 0 Å². The van der Waals surface area contributed by atoms with E-state index in [4.69, 9.17) is 75.0 Å². The van der Waals surface area contributed by atoms with Crippen molar-refractivity contribution in [1.29, 1.82) is 0 Å². The van der Waals surface area contributed by atoms with Gasteiger partial charge in [-0.3, -0.25) is 0 Å². The minimum Gasteiger partial charge on any atom is -0.652 e. The van der Waals surface area contributed by atoms with Crippen molar-refractivity contribution in [2.45, 2.75) is 0 Å². The van der Waals surface area contributed by atoms with Crippen molar-refractivity contribution in [3.8, 4) is 0 Å². The van der Waals surface area contributed by atoms with Crippen LogP contribution in [0.25, 0.3) is 0 Å². The Morgan fingerprint density at radius 2 is 0.455 bits per heavy atom. The van der Waals surface area contributed by atoms with Gasteiger partial charge in [-0.25, -0.2) is 14.4 Å². The summed E-state index contributed by atoms with van der Waals surface area (Å²) >= 11 is 0. The van der Waals surface area contributed by atoms with Crippen LogP contribution >= 0.6 is 0 Å². The Morgan fingerprint density at radius 1 is 0.455 bits per heavy atom. The van der Waals surface area contributed by atoms with Crippen molar-refractivity contribution < 1.29 is 75.0 Å². The van der Waals surface area contributed by atoms with Crippen LogP contribution in [0.1, 0.15) is 0 Å². The number of rotatable bonds is 0.